The molecule has 2 rings (SSSR count). The first-order valence-electron chi connectivity index (χ1n) is 6.61. The zero-order valence-corrected chi connectivity index (χ0v) is 11.5. The van der Waals surface area contributed by atoms with Gasteiger partial charge in [-0.05, 0) is 16.3 Å². The number of ether oxygens (including phenoxy) is 1. The number of aliphatic hydroxyl groups is 1. The average Bonchev–Trinajstić information content (AvgIpc) is 2.46. The van der Waals surface area contributed by atoms with Crippen LogP contribution in [0.2, 0.25) is 0 Å². The number of benzene rings is 2. The third-order valence-corrected chi connectivity index (χ3v) is 3.12. The Morgan fingerprint density at radius 2 is 2.00 bits per heavy atom. The average molecular weight is 273 g/mol. The van der Waals surface area contributed by atoms with E-state index in [1.807, 2.05) is 42.5 Å². The van der Waals surface area contributed by atoms with Gasteiger partial charge in [0.25, 0.3) is 0 Å². The number of rotatable bonds is 6. The maximum Gasteiger partial charge on any atom is 0.224 e. The molecule has 0 bridgehead atoms. The van der Waals surface area contributed by atoms with E-state index in [-0.39, 0.29) is 19.1 Å². The van der Waals surface area contributed by atoms with Crippen LogP contribution >= 0.6 is 0 Å². The fraction of sp³-hybridized carbons (Fsp3) is 0.312. The number of nitrogens with one attached hydrogen (secondary N) is 1. The standard InChI is InChI=1S/C16H19NO3/c1-20-11-14(18)10-17-16(19)9-13-7-4-6-12-5-2-3-8-15(12)13/h2-8,14,18H,9-11H2,1H3,(H,17,19). The molecule has 1 unspecified atom stereocenters. The predicted molar refractivity (Wildman–Crippen MR) is 78.5 cm³/mol. The lowest BCUT2D eigenvalue weighted by atomic mass is 10.0. The van der Waals surface area contributed by atoms with E-state index >= 15 is 0 Å². The normalized spacial score (nSPS) is 12.3. The summed E-state index contributed by atoms with van der Waals surface area (Å²) < 4.78 is 4.81. The Morgan fingerprint density at radius 3 is 2.80 bits per heavy atom. The van der Waals surface area contributed by atoms with E-state index in [1.54, 1.807) is 0 Å². The number of hydrogen-bond acceptors (Lipinski definition) is 3. The number of methoxy groups -OCH3 is 1. The van der Waals surface area contributed by atoms with Crippen molar-refractivity contribution in [1.82, 2.24) is 5.32 Å². The van der Waals surface area contributed by atoms with Crippen LogP contribution in [-0.2, 0) is 16.0 Å². The highest BCUT2D eigenvalue weighted by molar-refractivity contribution is 5.90. The van der Waals surface area contributed by atoms with Crippen molar-refractivity contribution in [2.45, 2.75) is 12.5 Å². The number of hydrogen-bond donors (Lipinski definition) is 2. The van der Waals surface area contributed by atoms with Gasteiger partial charge in [0, 0.05) is 13.7 Å². The van der Waals surface area contributed by atoms with Crippen molar-refractivity contribution in [1.29, 1.82) is 0 Å². The summed E-state index contributed by atoms with van der Waals surface area (Å²) in [5.41, 5.74) is 0.988. The summed E-state index contributed by atoms with van der Waals surface area (Å²) in [5, 5.41) is 14.4. The van der Waals surface area contributed by atoms with E-state index in [0.29, 0.717) is 6.42 Å². The monoisotopic (exact) mass is 273 g/mol. The van der Waals surface area contributed by atoms with Gasteiger partial charge in [0.1, 0.15) is 0 Å². The Morgan fingerprint density at radius 1 is 1.25 bits per heavy atom. The van der Waals surface area contributed by atoms with Crippen molar-refractivity contribution in [3.63, 3.8) is 0 Å². The molecule has 0 radical (unpaired) electrons. The molecule has 0 aromatic heterocycles. The molecule has 2 aromatic rings. The van der Waals surface area contributed by atoms with E-state index in [2.05, 4.69) is 5.32 Å². The van der Waals surface area contributed by atoms with Crippen LogP contribution in [0.25, 0.3) is 10.8 Å². The van der Waals surface area contributed by atoms with Gasteiger partial charge in [0.2, 0.25) is 5.91 Å². The quantitative estimate of drug-likeness (QED) is 0.838. The fourth-order valence-corrected chi connectivity index (χ4v) is 2.17. The summed E-state index contributed by atoms with van der Waals surface area (Å²) in [7, 11) is 1.52. The third kappa shape index (κ3) is 3.79. The van der Waals surface area contributed by atoms with Crippen LogP contribution in [0.1, 0.15) is 5.56 Å². The number of carbonyl (C=O) groups is 1. The summed E-state index contributed by atoms with van der Waals surface area (Å²) in [6, 6.07) is 13.9. The molecule has 0 saturated heterocycles. The van der Waals surface area contributed by atoms with Crippen molar-refractivity contribution >= 4 is 16.7 Å². The minimum absolute atomic E-state index is 0.100. The van der Waals surface area contributed by atoms with Crippen LogP contribution in [-0.4, -0.2) is 37.4 Å². The van der Waals surface area contributed by atoms with Crippen LogP contribution in [0.5, 0.6) is 0 Å². The molecule has 0 fully saturated rings. The second kappa shape index (κ2) is 7.03. The van der Waals surface area contributed by atoms with Crippen molar-refractivity contribution in [2.75, 3.05) is 20.3 Å². The lowest BCUT2D eigenvalue weighted by Gasteiger charge is -2.11. The molecule has 0 spiro atoms. The van der Waals surface area contributed by atoms with Crippen LogP contribution in [0.3, 0.4) is 0 Å². The topological polar surface area (TPSA) is 58.6 Å². The highest BCUT2D eigenvalue weighted by Crippen LogP contribution is 2.18. The van der Waals surface area contributed by atoms with Gasteiger partial charge in [-0.1, -0.05) is 42.5 Å². The highest BCUT2D eigenvalue weighted by Gasteiger charge is 2.09. The van der Waals surface area contributed by atoms with Crippen LogP contribution in [0.4, 0.5) is 0 Å². The molecule has 0 aliphatic heterocycles. The van der Waals surface area contributed by atoms with Crippen molar-refractivity contribution < 1.29 is 14.6 Å². The second-order valence-electron chi connectivity index (χ2n) is 4.73. The minimum Gasteiger partial charge on any atom is -0.389 e. The molecule has 2 aromatic carbocycles. The van der Waals surface area contributed by atoms with Gasteiger partial charge in [-0.25, -0.2) is 0 Å². The summed E-state index contributed by atoms with van der Waals surface area (Å²) in [5.74, 6) is -0.100. The second-order valence-corrected chi connectivity index (χ2v) is 4.73. The van der Waals surface area contributed by atoms with Gasteiger partial charge in [0.15, 0.2) is 0 Å². The zero-order chi connectivity index (χ0) is 14.4. The summed E-state index contributed by atoms with van der Waals surface area (Å²) >= 11 is 0. The molecule has 0 aliphatic rings. The maximum absolute atomic E-state index is 11.9. The first-order valence-corrected chi connectivity index (χ1v) is 6.61. The molecule has 1 amide bonds. The Kier molecular flexibility index (Phi) is 5.09. The zero-order valence-electron chi connectivity index (χ0n) is 11.5. The Labute approximate surface area is 118 Å². The number of amides is 1. The lowest BCUT2D eigenvalue weighted by molar-refractivity contribution is -0.121. The van der Waals surface area contributed by atoms with E-state index in [1.165, 1.54) is 7.11 Å². The molecule has 4 nitrogen and oxygen atoms in total. The number of aliphatic hydroxyl groups excluding tert-OH is 1. The molecular formula is C16H19NO3. The van der Waals surface area contributed by atoms with Crippen LogP contribution in [0.15, 0.2) is 42.5 Å². The van der Waals surface area contributed by atoms with Crippen molar-refractivity contribution in [3.8, 4) is 0 Å². The molecule has 106 valence electrons. The molecule has 4 heteroatoms. The first kappa shape index (κ1) is 14.5. The summed E-state index contributed by atoms with van der Waals surface area (Å²) in [6.07, 6.45) is -0.363. The first-order chi connectivity index (χ1) is 9.70. The third-order valence-electron chi connectivity index (χ3n) is 3.12. The Hall–Kier alpha value is -1.91. The van der Waals surface area contributed by atoms with Gasteiger partial charge >= 0.3 is 0 Å². The smallest absolute Gasteiger partial charge is 0.224 e. The van der Waals surface area contributed by atoms with Crippen LogP contribution in [0, 0.1) is 0 Å². The Bertz CT molecular complexity index is 577. The summed E-state index contributed by atoms with van der Waals surface area (Å²) in [6.45, 7) is 0.423. The molecule has 2 N–H and O–H groups in total. The van der Waals surface area contributed by atoms with Crippen LogP contribution < -0.4 is 5.32 Å². The SMILES string of the molecule is COCC(O)CNC(=O)Cc1cccc2ccccc12. The van der Waals surface area contributed by atoms with Gasteiger partial charge in [-0.2, -0.15) is 0 Å². The van der Waals surface area contributed by atoms with Gasteiger partial charge in [-0.3, -0.25) is 4.79 Å². The van der Waals surface area contributed by atoms with Crippen molar-refractivity contribution in [3.05, 3.63) is 48.0 Å². The molecule has 0 saturated carbocycles. The number of carbonyl (C=O) groups excluding carboxylic acids is 1. The Balaban J connectivity index is 1.99. The molecular weight excluding hydrogens is 254 g/mol. The number of fused-ring (bicyclic) bond motifs is 1. The van der Waals surface area contributed by atoms with E-state index < -0.39 is 6.10 Å². The minimum atomic E-state index is -0.670. The fourth-order valence-electron chi connectivity index (χ4n) is 2.17. The molecule has 0 heterocycles. The van der Waals surface area contributed by atoms with Crippen molar-refractivity contribution in [2.24, 2.45) is 0 Å². The maximum atomic E-state index is 11.9. The van der Waals surface area contributed by atoms with Gasteiger partial charge in [0.05, 0.1) is 19.1 Å². The van der Waals surface area contributed by atoms with E-state index in [4.69, 9.17) is 4.74 Å². The van der Waals surface area contributed by atoms with E-state index in [0.717, 1.165) is 16.3 Å². The molecule has 0 aliphatic carbocycles. The predicted octanol–water partition coefficient (Wildman–Crippen LogP) is 1.51. The van der Waals surface area contributed by atoms with Gasteiger partial charge < -0.3 is 15.2 Å². The summed E-state index contributed by atoms with van der Waals surface area (Å²) in [4.78, 5) is 11.9. The lowest BCUT2D eigenvalue weighted by Crippen LogP contribution is -2.35. The highest BCUT2D eigenvalue weighted by atomic mass is 16.5. The molecule has 1 atom stereocenters. The molecule has 20 heavy (non-hydrogen) atoms. The van der Waals surface area contributed by atoms with Gasteiger partial charge in [-0.15, -0.1) is 0 Å². The largest absolute Gasteiger partial charge is 0.389 e. The van der Waals surface area contributed by atoms with E-state index in [9.17, 15) is 9.90 Å².